The number of hydrogen-bond acceptors (Lipinski definition) is 1. The Kier molecular flexibility index (Phi) is 5.34. The van der Waals surface area contributed by atoms with Gasteiger partial charge in [-0.3, -0.25) is 0 Å². The topological polar surface area (TPSA) is 3.24 Å². The summed E-state index contributed by atoms with van der Waals surface area (Å²) in [5, 5.41) is 0. The van der Waals surface area contributed by atoms with Crippen LogP contribution in [0.5, 0.6) is 0 Å². The zero-order valence-corrected chi connectivity index (χ0v) is 12.3. The van der Waals surface area contributed by atoms with Crippen molar-refractivity contribution < 1.29 is 0 Å². The molecule has 0 rings (SSSR count). The van der Waals surface area contributed by atoms with Gasteiger partial charge in [-0.05, 0) is 33.9 Å². The largest absolute Gasteiger partial charge is 0.323 e. The van der Waals surface area contributed by atoms with E-state index in [1.807, 2.05) is 6.08 Å². The molecule has 0 spiro atoms. The molecule has 0 fully saturated rings. The first-order valence-electron chi connectivity index (χ1n) is 5.52. The highest BCUT2D eigenvalue weighted by molar-refractivity contribution is 6.73. The zero-order valence-electron chi connectivity index (χ0n) is 11.3. The van der Waals surface area contributed by atoms with Gasteiger partial charge in [-0.1, -0.05) is 37.6 Å². The van der Waals surface area contributed by atoms with E-state index < -0.39 is 8.24 Å². The zero-order chi connectivity index (χ0) is 12.1. The summed E-state index contributed by atoms with van der Waals surface area (Å²) in [6.07, 6.45) is 4.12. The van der Waals surface area contributed by atoms with Crippen LogP contribution in [0, 0.1) is 17.3 Å². The van der Waals surface area contributed by atoms with Gasteiger partial charge < -0.3 is 4.57 Å². The van der Waals surface area contributed by atoms with E-state index in [2.05, 4.69) is 69.9 Å². The van der Waals surface area contributed by atoms with Crippen molar-refractivity contribution in [2.75, 3.05) is 13.6 Å². The molecule has 0 bridgehead atoms. The molecule has 0 atom stereocenters. The summed E-state index contributed by atoms with van der Waals surface area (Å²) in [4.78, 5) is 0. The summed E-state index contributed by atoms with van der Waals surface area (Å²) in [7, 11) is 1.06. The van der Waals surface area contributed by atoms with Gasteiger partial charge in [0.15, 0.2) is 0 Å². The second-order valence-electron chi connectivity index (χ2n) is 5.97. The summed E-state index contributed by atoms with van der Waals surface area (Å²) in [5.74, 6) is 6.28. The van der Waals surface area contributed by atoms with E-state index in [1.165, 1.54) is 0 Å². The van der Waals surface area contributed by atoms with Crippen LogP contribution in [0.2, 0.25) is 19.6 Å². The molecule has 0 saturated carbocycles. The standard InChI is InChI=1S/C13H25NSi/c1-13(2,3)11-9-8-10-12-14(4)15(5,6)7/h8,10H,12H2,1-7H3/b10-8+. The van der Waals surface area contributed by atoms with Crippen molar-refractivity contribution in [3.8, 4) is 11.8 Å². The number of nitrogens with zero attached hydrogens (tertiary/aromatic N) is 1. The lowest BCUT2D eigenvalue weighted by Crippen LogP contribution is -2.42. The average Bonchev–Trinajstić information content (AvgIpc) is 1.99. The van der Waals surface area contributed by atoms with Crippen molar-refractivity contribution in [1.82, 2.24) is 4.57 Å². The second-order valence-corrected chi connectivity index (χ2v) is 11.1. The van der Waals surface area contributed by atoms with Crippen LogP contribution in [0.1, 0.15) is 20.8 Å². The third-order valence-electron chi connectivity index (χ3n) is 2.17. The molecule has 0 radical (unpaired) electrons. The van der Waals surface area contributed by atoms with Gasteiger partial charge >= 0.3 is 0 Å². The molecule has 0 aliphatic rings. The maximum Gasteiger partial charge on any atom is 0.119 e. The number of hydrogen-bond donors (Lipinski definition) is 0. The van der Waals surface area contributed by atoms with Crippen LogP contribution in [-0.4, -0.2) is 26.4 Å². The van der Waals surface area contributed by atoms with Gasteiger partial charge in [-0.25, -0.2) is 0 Å². The quantitative estimate of drug-likeness (QED) is 0.524. The molecular formula is C13H25NSi. The van der Waals surface area contributed by atoms with E-state index in [1.54, 1.807) is 0 Å². The normalized spacial score (nSPS) is 13.1. The van der Waals surface area contributed by atoms with E-state index in [0.29, 0.717) is 0 Å². The molecule has 0 saturated heterocycles. The number of rotatable bonds is 3. The van der Waals surface area contributed by atoms with Crippen LogP contribution < -0.4 is 0 Å². The van der Waals surface area contributed by atoms with Gasteiger partial charge in [0, 0.05) is 12.0 Å². The maximum absolute atomic E-state index is 3.19. The molecule has 2 heteroatoms. The second kappa shape index (κ2) is 5.53. The van der Waals surface area contributed by atoms with Crippen molar-refractivity contribution in [3.05, 3.63) is 12.2 Å². The van der Waals surface area contributed by atoms with E-state index >= 15 is 0 Å². The van der Waals surface area contributed by atoms with E-state index in [9.17, 15) is 0 Å². The molecule has 1 nitrogen and oxygen atoms in total. The Hall–Kier alpha value is -0.523. The molecule has 86 valence electrons. The summed E-state index contributed by atoms with van der Waals surface area (Å²) in [5.41, 5.74) is 0.106. The Labute approximate surface area is 96.6 Å². The first kappa shape index (κ1) is 14.5. The van der Waals surface area contributed by atoms with Crippen LogP contribution in [0.4, 0.5) is 0 Å². The highest BCUT2D eigenvalue weighted by Crippen LogP contribution is 2.09. The molecule has 0 amide bonds. The fourth-order valence-corrected chi connectivity index (χ4v) is 1.45. The van der Waals surface area contributed by atoms with Gasteiger partial charge in [0.1, 0.15) is 8.24 Å². The van der Waals surface area contributed by atoms with E-state index in [-0.39, 0.29) is 5.41 Å². The molecule has 0 heterocycles. The Morgan fingerprint density at radius 1 is 1.20 bits per heavy atom. The highest BCUT2D eigenvalue weighted by atomic mass is 28.3. The van der Waals surface area contributed by atoms with E-state index in [4.69, 9.17) is 0 Å². The van der Waals surface area contributed by atoms with Gasteiger partial charge in [0.05, 0.1) is 0 Å². The molecule has 15 heavy (non-hydrogen) atoms. The predicted octanol–water partition coefficient (Wildman–Crippen LogP) is 3.36. The lowest BCUT2D eigenvalue weighted by molar-refractivity contribution is 0.568. The molecule has 0 aromatic rings. The third-order valence-corrected chi connectivity index (χ3v) is 4.65. The predicted molar refractivity (Wildman–Crippen MR) is 72.3 cm³/mol. The SMILES string of the molecule is CN(C/C=C/C#CC(C)(C)C)[Si](C)(C)C. The monoisotopic (exact) mass is 223 g/mol. The molecule has 0 aromatic heterocycles. The molecular weight excluding hydrogens is 198 g/mol. The fraction of sp³-hybridized carbons (Fsp3) is 0.692. The number of allylic oxidation sites excluding steroid dienone is 1. The average molecular weight is 223 g/mol. The summed E-state index contributed by atoms with van der Waals surface area (Å²) >= 11 is 0. The van der Waals surface area contributed by atoms with Crippen molar-refractivity contribution in [1.29, 1.82) is 0 Å². The lowest BCUT2D eigenvalue weighted by atomic mass is 9.98. The Balaban J connectivity index is 4.06. The third kappa shape index (κ3) is 8.47. The molecule has 0 aliphatic carbocycles. The molecule has 0 aliphatic heterocycles. The van der Waals surface area contributed by atoms with Crippen molar-refractivity contribution in [2.24, 2.45) is 5.41 Å². The smallest absolute Gasteiger partial charge is 0.119 e. The van der Waals surface area contributed by atoms with Crippen molar-refractivity contribution >= 4 is 8.24 Å². The Morgan fingerprint density at radius 3 is 2.13 bits per heavy atom. The number of likely N-dealkylation sites (N-methyl/N-ethyl adjacent to an activating group) is 1. The Morgan fingerprint density at radius 2 is 1.73 bits per heavy atom. The van der Waals surface area contributed by atoms with Gasteiger partial charge in [0.2, 0.25) is 0 Å². The lowest BCUT2D eigenvalue weighted by Gasteiger charge is -2.28. The minimum absolute atomic E-state index is 0.106. The van der Waals surface area contributed by atoms with Crippen LogP contribution in [0.15, 0.2) is 12.2 Å². The summed E-state index contributed by atoms with van der Waals surface area (Å²) < 4.78 is 2.43. The van der Waals surface area contributed by atoms with Crippen molar-refractivity contribution in [3.63, 3.8) is 0 Å². The first-order chi connectivity index (χ1) is 6.63. The van der Waals surface area contributed by atoms with Crippen LogP contribution in [0.25, 0.3) is 0 Å². The van der Waals surface area contributed by atoms with Crippen molar-refractivity contribution in [2.45, 2.75) is 40.4 Å². The fourth-order valence-electron chi connectivity index (χ4n) is 0.802. The van der Waals surface area contributed by atoms with Gasteiger partial charge in [-0.15, -0.1) is 0 Å². The summed E-state index contributed by atoms with van der Waals surface area (Å²) in [6, 6.07) is 0. The minimum Gasteiger partial charge on any atom is -0.323 e. The Bertz CT molecular complexity index is 268. The minimum atomic E-state index is -1.12. The maximum atomic E-state index is 3.19. The highest BCUT2D eigenvalue weighted by Gasteiger charge is 2.17. The van der Waals surface area contributed by atoms with Gasteiger partial charge in [0.25, 0.3) is 0 Å². The molecule has 0 unspecified atom stereocenters. The van der Waals surface area contributed by atoms with E-state index in [0.717, 1.165) is 6.54 Å². The van der Waals surface area contributed by atoms with Crippen LogP contribution in [0.3, 0.4) is 0 Å². The summed E-state index contributed by atoms with van der Waals surface area (Å²) in [6.45, 7) is 14.4. The molecule has 0 N–H and O–H groups in total. The first-order valence-corrected chi connectivity index (χ1v) is 8.96. The van der Waals surface area contributed by atoms with Crippen LogP contribution >= 0.6 is 0 Å². The van der Waals surface area contributed by atoms with Crippen LogP contribution in [-0.2, 0) is 0 Å². The van der Waals surface area contributed by atoms with Gasteiger partial charge in [-0.2, -0.15) is 0 Å². The molecule has 0 aromatic carbocycles.